The van der Waals surface area contributed by atoms with Gasteiger partial charge in [-0.05, 0) is 38.5 Å². The molecule has 98 valence electrons. The summed E-state index contributed by atoms with van der Waals surface area (Å²) in [4.78, 5) is 2.65. The molecule has 0 aliphatic heterocycles. The molecule has 18 heavy (non-hydrogen) atoms. The van der Waals surface area contributed by atoms with Crippen LogP contribution in [0.25, 0.3) is 0 Å². The summed E-state index contributed by atoms with van der Waals surface area (Å²) in [6.07, 6.45) is 3.92. The molecule has 4 heteroatoms. The van der Waals surface area contributed by atoms with Gasteiger partial charge in [0.15, 0.2) is 0 Å². The van der Waals surface area contributed by atoms with Gasteiger partial charge in [-0.2, -0.15) is 5.10 Å². The molecule has 3 nitrogen and oxygen atoms in total. The van der Waals surface area contributed by atoms with E-state index in [9.17, 15) is 0 Å². The van der Waals surface area contributed by atoms with Gasteiger partial charge in [0, 0.05) is 34.5 Å². The second-order valence-electron chi connectivity index (χ2n) is 4.85. The van der Waals surface area contributed by atoms with Crippen molar-refractivity contribution >= 4 is 11.3 Å². The molecule has 2 rings (SSSR count). The Morgan fingerprint density at radius 3 is 2.67 bits per heavy atom. The minimum atomic E-state index is 0.0609. The Hall–Kier alpha value is -1.13. The standard InChI is InChI=1S/C14H21N3S/c1-4-12-5-6-14(18-12)13(15)9-11-7-8-17(16-11)10(2)3/h5-8,10,13H,4,9,15H2,1-3H3. The van der Waals surface area contributed by atoms with Crippen LogP contribution in [-0.2, 0) is 12.8 Å². The monoisotopic (exact) mass is 263 g/mol. The molecule has 0 bridgehead atoms. The fraction of sp³-hybridized carbons (Fsp3) is 0.500. The molecule has 0 aliphatic carbocycles. The van der Waals surface area contributed by atoms with Crippen molar-refractivity contribution in [3.63, 3.8) is 0 Å². The number of thiophene rings is 1. The van der Waals surface area contributed by atoms with Crippen LogP contribution in [0.1, 0.15) is 48.3 Å². The zero-order valence-corrected chi connectivity index (χ0v) is 12.1. The van der Waals surface area contributed by atoms with E-state index in [4.69, 9.17) is 5.73 Å². The predicted molar refractivity (Wildman–Crippen MR) is 76.9 cm³/mol. The van der Waals surface area contributed by atoms with Crippen molar-refractivity contribution in [2.24, 2.45) is 5.73 Å². The summed E-state index contributed by atoms with van der Waals surface area (Å²) in [5, 5.41) is 4.54. The van der Waals surface area contributed by atoms with Gasteiger partial charge in [0.05, 0.1) is 5.69 Å². The van der Waals surface area contributed by atoms with Crippen LogP contribution in [-0.4, -0.2) is 9.78 Å². The van der Waals surface area contributed by atoms with Crippen molar-refractivity contribution in [1.29, 1.82) is 0 Å². The Balaban J connectivity index is 2.03. The first-order valence-electron chi connectivity index (χ1n) is 6.48. The summed E-state index contributed by atoms with van der Waals surface area (Å²) in [6.45, 7) is 6.43. The zero-order valence-electron chi connectivity index (χ0n) is 11.3. The number of hydrogen-bond donors (Lipinski definition) is 1. The number of aromatic nitrogens is 2. The Labute approximate surface area is 113 Å². The molecule has 0 spiro atoms. The third-order valence-corrected chi connectivity index (χ3v) is 4.38. The number of rotatable bonds is 5. The van der Waals surface area contributed by atoms with E-state index < -0.39 is 0 Å². The number of nitrogens with zero attached hydrogens (tertiary/aromatic N) is 2. The summed E-state index contributed by atoms with van der Waals surface area (Å²) in [6, 6.07) is 6.85. The van der Waals surface area contributed by atoms with Crippen LogP contribution in [0.2, 0.25) is 0 Å². The largest absolute Gasteiger partial charge is 0.323 e. The minimum Gasteiger partial charge on any atom is -0.323 e. The molecule has 2 N–H and O–H groups in total. The van der Waals surface area contributed by atoms with Gasteiger partial charge in [-0.3, -0.25) is 4.68 Å². The molecule has 0 aliphatic rings. The maximum absolute atomic E-state index is 6.24. The van der Waals surface area contributed by atoms with Crippen LogP contribution in [0.5, 0.6) is 0 Å². The van der Waals surface area contributed by atoms with E-state index >= 15 is 0 Å². The van der Waals surface area contributed by atoms with Gasteiger partial charge in [0.25, 0.3) is 0 Å². The summed E-state index contributed by atoms with van der Waals surface area (Å²) < 4.78 is 1.98. The molecular formula is C14H21N3S. The van der Waals surface area contributed by atoms with Crippen molar-refractivity contribution in [3.8, 4) is 0 Å². The normalized spacial score (nSPS) is 13.2. The van der Waals surface area contributed by atoms with Crippen LogP contribution in [0, 0.1) is 0 Å². The fourth-order valence-corrected chi connectivity index (χ4v) is 2.84. The lowest BCUT2D eigenvalue weighted by Crippen LogP contribution is -2.12. The molecule has 2 aromatic heterocycles. The molecular weight excluding hydrogens is 242 g/mol. The number of aryl methyl sites for hydroxylation is 1. The zero-order chi connectivity index (χ0) is 13.1. The Morgan fingerprint density at radius 1 is 1.33 bits per heavy atom. The van der Waals surface area contributed by atoms with Crippen LogP contribution < -0.4 is 5.73 Å². The van der Waals surface area contributed by atoms with E-state index in [1.165, 1.54) is 9.75 Å². The van der Waals surface area contributed by atoms with E-state index in [1.54, 1.807) is 0 Å². The first kappa shape index (κ1) is 13.3. The molecule has 0 saturated heterocycles. The lowest BCUT2D eigenvalue weighted by molar-refractivity contribution is 0.523. The highest BCUT2D eigenvalue weighted by molar-refractivity contribution is 7.12. The van der Waals surface area contributed by atoms with E-state index in [0.29, 0.717) is 6.04 Å². The third-order valence-electron chi connectivity index (χ3n) is 3.02. The Kier molecular flexibility index (Phi) is 4.19. The van der Waals surface area contributed by atoms with Gasteiger partial charge >= 0.3 is 0 Å². The summed E-state index contributed by atoms with van der Waals surface area (Å²) in [7, 11) is 0. The van der Waals surface area contributed by atoms with Gasteiger partial charge in [-0.1, -0.05) is 6.92 Å². The van der Waals surface area contributed by atoms with E-state index in [0.717, 1.165) is 18.5 Å². The topological polar surface area (TPSA) is 43.8 Å². The molecule has 0 saturated carbocycles. The maximum atomic E-state index is 6.24. The van der Waals surface area contributed by atoms with Gasteiger partial charge in [0.2, 0.25) is 0 Å². The van der Waals surface area contributed by atoms with Crippen molar-refractivity contribution in [2.45, 2.75) is 45.7 Å². The maximum Gasteiger partial charge on any atom is 0.0643 e. The molecule has 0 radical (unpaired) electrons. The number of hydrogen-bond acceptors (Lipinski definition) is 3. The van der Waals surface area contributed by atoms with E-state index in [-0.39, 0.29) is 6.04 Å². The van der Waals surface area contributed by atoms with Crippen LogP contribution in [0.4, 0.5) is 0 Å². The van der Waals surface area contributed by atoms with E-state index in [1.807, 2.05) is 22.2 Å². The highest BCUT2D eigenvalue weighted by Gasteiger charge is 2.12. The van der Waals surface area contributed by atoms with Gasteiger partial charge < -0.3 is 5.73 Å². The molecule has 1 unspecified atom stereocenters. The van der Waals surface area contributed by atoms with Crippen molar-refractivity contribution in [3.05, 3.63) is 39.8 Å². The molecule has 2 aromatic rings. The Morgan fingerprint density at radius 2 is 2.11 bits per heavy atom. The highest BCUT2D eigenvalue weighted by atomic mass is 32.1. The average Bonchev–Trinajstić information content (AvgIpc) is 2.96. The Bertz CT molecular complexity index is 499. The average molecular weight is 263 g/mol. The lowest BCUT2D eigenvalue weighted by Gasteiger charge is -2.08. The lowest BCUT2D eigenvalue weighted by atomic mass is 10.1. The molecule has 2 heterocycles. The third kappa shape index (κ3) is 3.00. The van der Waals surface area contributed by atoms with Gasteiger partial charge in [-0.15, -0.1) is 11.3 Å². The van der Waals surface area contributed by atoms with Crippen molar-refractivity contribution < 1.29 is 0 Å². The highest BCUT2D eigenvalue weighted by Crippen LogP contribution is 2.24. The fourth-order valence-electron chi connectivity index (χ4n) is 1.88. The van der Waals surface area contributed by atoms with Crippen LogP contribution in [0.3, 0.4) is 0 Å². The SMILES string of the molecule is CCc1ccc(C(N)Cc2ccn(C(C)C)n2)s1. The second kappa shape index (κ2) is 5.67. The molecule has 0 amide bonds. The molecule has 0 aromatic carbocycles. The van der Waals surface area contributed by atoms with Crippen LogP contribution >= 0.6 is 11.3 Å². The van der Waals surface area contributed by atoms with Crippen molar-refractivity contribution in [2.75, 3.05) is 0 Å². The number of nitrogens with two attached hydrogens (primary N) is 1. The summed E-state index contributed by atoms with van der Waals surface area (Å²) in [5.41, 5.74) is 7.31. The van der Waals surface area contributed by atoms with Gasteiger partial charge in [0.1, 0.15) is 0 Å². The van der Waals surface area contributed by atoms with E-state index in [2.05, 4.69) is 44.1 Å². The van der Waals surface area contributed by atoms with Gasteiger partial charge in [-0.25, -0.2) is 0 Å². The molecule has 1 atom stereocenters. The first-order chi connectivity index (χ1) is 8.60. The summed E-state index contributed by atoms with van der Waals surface area (Å²) >= 11 is 1.81. The minimum absolute atomic E-state index is 0.0609. The molecule has 0 fully saturated rings. The summed E-state index contributed by atoms with van der Waals surface area (Å²) in [5.74, 6) is 0. The van der Waals surface area contributed by atoms with Crippen LogP contribution in [0.15, 0.2) is 24.4 Å². The second-order valence-corrected chi connectivity index (χ2v) is 6.05. The quantitative estimate of drug-likeness (QED) is 0.899. The van der Waals surface area contributed by atoms with Crippen molar-refractivity contribution in [1.82, 2.24) is 9.78 Å². The first-order valence-corrected chi connectivity index (χ1v) is 7.30. The smallest absolute Gasteiger partial charge is 0.0643 e. The predicted octanol–water partition coefficient (Wildman–Crippen LogP) is 3.33.